The van der Waals surface area contributed by atoms with Crippen molar-refractivity contribution in [1.29, 1.82) is 0 Å². The molecule has 116 valence electrons. The van der Waals surface area contributed by atoms with Crippen LogP contribution in [0.25, 0.3) is 0 Å². The zero-order valence-electron chi connectivity index (χ0n) is 14.1. The smallest absolute Gasteiger partial charge is 0.00439 e. The first-order chi connectivity index (χ1) is 9.02. The highest BCUT2D eigenvalue weighted by molar-refractivity contribution is 4.74. The highest BCUT2D eigenvalue weighted by Gasteiger charge is 2.22. The van der Waals surface area contributed by atoms with E-state index in [0.717, 1.165) is 6.54 Å². The van der Waals surface area contributed by atoms with Gasteiger partial charge in [0.05, 0.1) is 0 Å². The fourth-order valence-corrected chi connectivity index (χ4v) is 2.78. The molecule has 0 saturated heterocycles. The van der Waals surface area contributed by atoms with E-state index < -0.39 is 0 Å². The number of rotatable bonds is 12. The molecule has 0 fully saturated rings. The Hall–Kier alpha value is -0.0400. The van der Waals surface area contributed by atoms with Crippen LogP contribution in [0.5, 0.6) is 0 Å². The monoisotopic (exact) mass is 269 g/mol. The van der Waals surface area contributed by atoms with E-state index in [1.165, 1.54) is 70.6 Å². The highest BCUT2D eigenvalue weighted by atomic mass is 14.6. The molecule has 0 bridgehead atoms. The number of hydrogen-bond donors (Lipinski definition) is 1. The van der Waals surface area contributed by atoms with Crippen LogP contribution in [0.2, 0.25) is 0 Å². The summed E-state index contributed by atoms with van der Waals surface area (Å²) < 4.78 is 0. The molecule has 0 aliphatic rings. The van der Waals surface area contributed by atoms with Crippen molar-refractivity contribution in [1.82, 2.24) is 0 Å². The van der Waals surface area contributed by atoms with Crippen LogP contribution in [0.1, 0.15) is 98.3 Å². The first-order valence-corrected chi connectivity index (χ1v) is 8.72. The summed E-state index contributed by atoms with van der Waals surface area (Å²) in [6.07, 6.45) is 15.5. The summed E-state index contributed by atoms with van der Waals surface area (Å²) in [6.45, 7) is 10.1. The van der Waals surface area contributed by atoms with Crippen LogP contribution in [-0.4, -0.2) is 6.54 Å². The average molecular weight is 270 g/mol. The lowest BCUT2D eigenvalue weighted by molar-refractivity contribution is 0.227. The summed E-state index contributed by atoms with van der Waals surface area (Å²) in [5, 5.41) is 0. The molecule has 0 aliphatic carbocycles. The minimum absolute atomic E-state index is 0.383. The third-order valence-corrected chi connectivity index (χ3v) is 4.42. The molecule has 19 heavy (non-hydrogen) atoms. The van der Waals surface area contributed by atoms with Gasteiger partial charge in [-0.1, -0.05) is 91.9 Å². The quantitative estimate of drug-likeness (QED) is 0.437. The minimum atomic E-state index is 0.383. The standard InChI is InChI=1S/C18H39N/c1-5-6-7-8-9-10-11-12-13-14-15-17(16-19)18(2,3)4/h17H,5-16,19H2,1-4H3. The van der Waals surface area contributed by atoms with E-state index in [1.54, 1.807) is 0 Å². The van der Waals surface area contributed by atoms with E-state index in [0.29, 0.717) is 11.3 Å². The second-order valence-electron chi connectivity index (χ2n) is 7.27. The lowest BCUT2D eigenvalue weighted by Crippen LogP contribution is -2.27. The van der Waals surface area contributed by atoms with Crippen LogP contribution in [-0.2, 0) is 0 Å². The summed E-state index contributed by atoms with van der Waals surface area (Å²) in [4.78, 5) is 0. The molecular weight excluding hydrogens is 230 g/mol. The summed E-state index contributed by atoms with van der Waals surface area (Å²) in [6, 6.07) is 0. The third kappa shape index (κ3) is 11.5. The van der Waals surface area contributed by atoms with Gasteiger partial charge in [0, 0.05) is 0 Å². The van der Waals surface area contributed by atoms with E-state index in [2.05, 4.69) is 27.7 Å². The molecule has 0 aromatic carbocycles. The van der Waals surface area contributed by atoms with Gasteiger partial charge in [-0.25, -0.2) is 0 Å². The van der Waals surface area contributed by atoms with Gasteiger partial charge in [-0.15, -0.1) is 0 Å². The molecule has 0 saturated carbocycles. The molecule has 0 aliphatic heterocycles. The topological polar surface area (TPSA) is 26.0 Å². The Morgan fingerprint density at radius 3 is 1.53 bits per heavy atom. The van der Waals surface area contributed by atoms with Crippen LogP contribution in [0.3, 0.4) is 0 Å². The molecule has 0 spiro atoms. The van der Waals surface area contributed by atoms with E-state index in [1.807, 2.05) is 0 Å². The van der Waals surface area contributed by atoms with Crippen molar-refractivity contribution >= 4 is 0 Å². The Kier molecular flexibility index (Phi) is 11.7. The first kappa shape index (κ1) is 19.0. The highest BCUT2D eigenvalue weighted by Crippen LogP contribution is 2.29. The molecule has 0 radical (unpaired) electrons. The van der Waals surface area contributed by atoms with Crippen molar-refractivity contribution in [3.8, 4) is 0 Å². The Morgan fingerprint density at radius 2 is 1.16 bits per heavy atom. The second kappa shape index (κ2) is 11.8. The zero-order chi connectivity index (χ0) is 14.6. The van der Waals surface area contributed by atoms with Gasteiger partial charge in [-0.3, -0.25) is 0 Å². The zero-order valence-corrected chi connectivity index (χ0v) is 14.1. The Labute approximate surface area is 122 Å². The van der Waals surface area contributed by atoms with Crippen molar-refractivity contribution in [2.75, 3.05) is 6.54 Å². The Morgan fingerprint density at radius 1 is 0.737 bits per heavy atom. The number of nitrogens with two attached hydrogens (primary N) is 1. The van der Waals surface area contributed by atoms with Gasteiger partial charge in [-0.05, 0) is 24.3 Å². The van der Waals surface area contributed by atoms with Crippen LogP contribution in [0.15, 0.2) is 0 Å². The lowest BCUT2D eigenvalue weighted by atomic mass is 9.78. The maximum absolute atomic E-state index is 5.88. The Balaban J connectivity index is 3.31. The first-order valence-electron chi connectivity index (χ1n) is 8.72. The van der Waals surface area contributed by atoms with E-state index in [4.69, 9.17) is 5.73 Å². The average Bonchev–Trinajstić information content (AvgIpc) is 2.34. The van der Waals surface area contributed by atoms with E-state index in [-0.39, 0.29) is 0 Å². The fourth-order valence-electron chi connectivity index (χ4n) is 2.78. The van der Waals surface area contributed by atoms with Crippen molar-refractivity contribution in [2.45, 2.75) is 98.3 Å². The van der Waals surface area contributed by atoms with Crippen LogP contribution in [0.4, 0.5) is 0 Å². The van der Waals surface area contributed by atoms with Gasteiger partial charge >= 0.3 is 0 Å². The van der Waals surface area contributed by atoms with Crippen molar-refractivity contribution in [2.24, 2.45) is 17.1 Å². The predicted octanol–water partition coefficient (Wildman–Crippen LogP) is 5.92. The van der Waals surface area contributed by atoms with Crippen LogP contribution in [0, 0.1) is 11.3 Å². The fraction of sp³-hybridized carbons (Fsp3) is 1.00. The normalized spacial score (nSPS) is 13.7. The molecule has 1 nitrogen and oxygen atoms in total. The summed E-state index contributed by atoms with van der Waals surface area (Å²) in [5.74, 6) is 0.696. The van der Waals surface area contributed by atoms with Gasteiger partial charge in [0.15, 0.2) is 0 Å². The van der Waals surface area contributed by atoms with Gasteiger partial charge < -0.3 is 5.73 Å². The minimum Gasteiger partial charge on any atom is -0.330 e. The molecule has 0 aromatic rings. The largest absolute Gasteiger partial charge is 0.330 e. The van der Waals surface area contributed by atoms with Crippen molar-refractivity contribution in [3.63, 3.8) is 0 Å². The predicted molar refractivity (Wildman–Crippen MR) is 88.5 cm³/mol. The molecule has 2 N–H and O–H groups in total. The number of hydrogen-bond acceptors (Lipinski definition) is 1. The molecule has 1 unspecified atom stereocenters. The summed E-state index contributed by atoms with van der Waals surface area (Å²) in [7, 11) is 0. The van der Waals surface area contributed by atoms with Gasteiger partial charge in [-0.2, -0.15) is 0 Å². The molecule has 1 heteroatoms. The van der Waals surface area contributed by atoms with Crippen molar-refractivity contribution in [3.05, 3.63) is 0 Å². The Bertz CT molecular complexity index is 181. The molecular formula is C18H39N. The third-order valence-electron chi connectivity index (χ3n) is 4.42. The maximum atomic E-state index is 5.88. The molecule has 0 rings (SSSR count). The SMILES string of the molecule is CCCCCCCCCCCCC(CN)C(C)(C)C. The second-order valence-corrected chi connectivity index (χ2v) is 7.27. The van der Waals surface area contributed by atoms with Crippen LogP contribution >= 0.6 is 0 Å². The van der Waals surface area contributed by atoms with E-state index in [9.17, 15) is 0 Å². The molecule has 0 aromatic heterocycles. The lowest BCUT2D eigenvalue weighted by Gasteiger charge is -2.29. The van der Waals surface area contributed by atoms with Gasteiger partial charge in [0.25, 0.3) is 0 Å². The summed E-state index contributed by atoms with van der Waals surface area (Å²) >= 11 is 0. The van der Waals surface area contributed by atoms with Crippen molar-refractivity contribution < 1.29 is 0 Å². The summed E-state index contributed by atoms with van der Waals surface area (Å²) in [5.41, 5.74) is 6.26. The number of unbranched alkanes of at least 4 members (excludes halogenated alkanes) is 9. The van der Waals surface area contributed by atoms with Crippen LogP contribution < -0.4 is 5.73 Å². The molecule has 1 atom stereocenters. The van der Waals surface area contributed by atoms with Gasteiger partial charge in [0.1, 0.15) is 0 Å². The van der Waals surface area contributed by atoms with Gasteiger partial charge in [0.2, 0.25) is 0 Å². The molecule has 0 amide bonds. The van der Waals surface area contributed by atoms with E-state index >= 15 is 0 Å². The maximum Gasteiger partial charge on any atom is -0.00439 e. The molecule has 0 heterocycles.